The zero-order valence-electron chi connectivity index (χ0n) is 15.6. The van der Waals surface area contributed by atoms with Crippen LogP contribution < -0.4 is 5.32 Å². The molecule has 0 unspecified atom stereocenters. The Morgan fingerprint density at radius 2 is 2.00 bits per heavy atom. The van der Waals surface area contributed by atoms with Crippen molar-refractivity contribution < 1.29 is 13.9 Å². The number of carbonyl (C=O) groups is 1. The first-order chi connectivity index (χ1) is 13.6. The van der Waals surface area contributed by atoms with Gasteiger partial charge in [-0.3, -0.25) is 0 Å². The average Bonchev–Trinajstić information content (AvgIpc) is 3.16. The van der Waals surface area contributed by atoms with E-state index in [0.29, 0.717) is 29.1 Å². The molecule has 0 radical (unpaired) electrons. The fraction of sp³-hybridized carbons (Fsp3) is 0.136. The van der Waals surface area contributed by atoms with E-state index in [1.165, 1.54) is 18.2 Å². The van der Waals surface area contributed by atoms with Crippen LogP contribution in [0.15, 0.2) is 65.2 Å². The van der Waals surface area contributed by atoms with Crippen molar-refractivity contribution in [3.05, 3.63) is 77.5 Å². The average molecular weight is 373 g/mol. The Balaban J connectivity index is 1.54. The van der Waals surface area contributed by atoms with E-state index in [1.807, 2.05) is 18.2 Å². The SMILES string of the molecule is COC(=O)c1cccc2nc(-c3ccc(NCc4cccc(C)c4)nc3)oc12. The third kappa shape index (κ3) is 3.57. The van der Waals surface area contributed by atoms with Gasteiger partial charge in [-0.1, -0.05) is 35.9 Å². The molecule has 2 heterocycles. The smallest absolute Gasteiger partial charge is 0.341 e. The maximum atomic E-state index is 11.9. The molecule has 0 aliphatic rings. The summed E-state index contributed by atoms with van der Waals surface area (Å²) in [6, 6.07) is 17.3. The van der Waals surface area contributed by atoms with E-state index in [4.69, 9.17) is 9.15 Å². The zero-order chi connectivity index (χ0) is 19.5. The maximum Gasteiger partial charge on any atom is 0.341 e. The second-order valence-corrected chi connectivity index (χ2v) is 6.44. The highest BCUT2D eigenvalue weighted by Crippen LogP contribution is 2.27. The molecule has 2 aromatic carbocycles. The van der Waals surface area contributed by atoms with Crippen molar-refractivity contribution in [2.75, 3.05) is 12.4 Å². The number of nitrogens with zero attached hydrogens (tertiary/aromatic N) is 2. The van der Waals surface area contributed by atoms with Crippen molar-refractivity contribution >= 4 is 22.9 Å². The minimum atomic E-state index is -0.456. The van der Waals surface area contributed by atoms with Crippen molar-refractivity contribution in [3.8, 4) is 11.5 Å². The highest BCUT2D eigenvalue weighted by Gasteiger charge is 2.16. The molecular weight excluding hydrogens is 354 g/mol. The number of esters is 1. The van der Waals surface area contributed by atoms with Crippen molar-refractivity contribution in [1.29, 1.82) is 0 Å². The molecule has 0 spiro atoms. The van der Waals surface area contributed by atoms with Crippen LogP contribution in [0.25, 0.3) is 22.6 Å². The van der Waals surface area contributed by atoms with Gasteiger partial charge in [0.2, 0.25) is 5.89 Å². The Hall–Kier alpha value is -3.67. The molecule has 0 bridgehead atoms. The minimum absolute atomic E-state index is 0.350. The molecule has 0 aliphatic heterocycles. The van der Waals surface area contributed by atoms with Crippen LogP contribution in [0.1, 0.15) is 21.5 Å². The first-order valence-electron chi connectivity index (χ1n) is 8.88. The van der Waals surface area contributed by atoms with Crippen LogP contribution in [-0.2, 0) is 11.3 Å². The number of benzene rings is 2. The predicted molar refractivity (Wildman–Crippen MR) is 107 cm³/mol. The molecule has 28 heavy (non-hydrogen) atoms. The van der Waals surface area contributed by atoms with E-state index in [2.05, 4.69) is 40.4 Å². The number of anilines is 1. The number of methoxy groups -OCH3 is 1. The highest BCUT2D eigenvalue weighted by molar-refractivity contribution is 6.01. The van der Waals surface area contributed by atoms with Crippen molar-refractivity contribution in [3.63, 3.8) is 0 Å². The summed E-state index contributed by atoms with van der Waals surface area (Å²) in [7, 11) is 1.34. The molecule has 0 aliphatic carbocycles. The van der Waals surface area contributed by atoms with Gasteiger partial charge < -0.3 is 14.5 Å². The quantitative estimate of drug-likeness (QED) is 0.515. The Labute approximate surface area is 162 Å². The van der Waals surface area contributed by atoms with Crippen LogP contribution in [0.2, 0.25) is 0 Å². The molecule has 6 heteroatoms. The maximum absolute atomic E-state index is 11.9. The van der Waals surface area contributed by atoms with E-state index < -0.39 is 5.97 Å². The van der Waals surface area contributed by atoms with Gasteiger partial charge in [0.1, 0.15) is 16.9 Å². The van der Waals surface area contributed by atoms with Gasteiger partial charge in [0.15, 0.2) is 5.58 Å². The Kier molecular flexibility index (Phi) is 4.76. The van der Waals surface area contributed by atoms with Crippen molar-refractivity contribution in [1.82, 2.24) is 9.97 Å². The van der Waals surface area contributed by atoms with Crippen LogP contribution in [0.5, 0.6) is 0 Å². The van der Waals surface area contributed by atoms with E-state index in [-0.39, 0.29) is 0 Å². The molecule has 2 aromatic heterocycles. The summed E-state index contributed by atoms with van der Waals surface area (Å²) >= 11 is 0. The fourth-order valence-corrected chi connectivity index (χ4v) is 2.98. The number of para-hydroxylation sites is 1. The van der Waals surface area contributed by atoms with Gasteiger partial charge in [-0.15, -0.1) is 0 Å². The number of oxazole rings is 1. The third-order valence-corrected chi connectivity index (χ3v) is 4.39. The van der Waals surface area contributed by atoms with Gasteiger partial charge in [0.25, 0.3) is 0 Å². The summed E-state index contributed by atoms with van der Waals surface area (Å²) in [5, 5.41) is 3.30. The third-order valence-electron chi connectivity index (χ3n) is 4.39. The lowest BCUT2D eigenvalue weighted by Gasteiger charge is -2.06. The topological polar surface area (TPSA) is 77.2 Å². The predicted octanol–water partition coefficient (Wildman–Crippen LogP) is 4.60. The van der Waals surface area contributed by atoms with Crippen LogP contribution >= 0.6 is 0 Å². The molecule has 4 aromatic rings. The first-order valence-corrected chi connectivity index (χ1v) is 8.88. The van der Waals surface area contributed by atoms with Crippen molar-refractivity contribution in [2.45, 2.75) is 13.5 Å². The van der Waals surface area contributed by atoms with Crippen molar-refractivity contribution in [2.24, 2.45) is 0 Å². The number of hydrogen-bond donors (Lipinski definition) is 1. The lowest BCUT2D eigenvalue weighted by Crippen LogP contribution is -2.01. The Morgan fingerprint density at radius 3 is 2.75 bits per heavy atom. The molecule has 0 fully saturated rings. The van der Waals surface area contributed by atoms with E-state index >= 15 is 0 Å². The lowest BCUT2D eigenvalue weighted by atomic mass is 10.1. The van der Waals surface area contributed by atoms with Gasteiger partial charge in [-0.2, -0.15) is 0 Å². The number of aryl methyl sites for hydroxylation is 1. The number of aromatic nitrogens is 2. The molecule has 0 atom stereocenters. The van der Waals surface area contributed by atoms with E-state index in [9.17, 15) is 4.79 Å². The van der Waals surface area contributed by atoms with Gasteiger partial charge in [0.05, 0.1) is 12.7 Å². The molecule has 0 saturated carbocycles. The molecule has 6 nitrogen and oxygen atoms in total. The van der Waals surface area contributed by atoms with Crippen LogP contribution in [0.3, 0.4) is 0 Å². The number of pyridine rings is 1. The molecule has 4 rings (SSSR count). The van der Waals surface area contributed by atoms with Gasteiger partial charge >= 0.3 is 5.97 Å². The summed E-state index contributed by atoms with van der Waals surface area (Å²) in [6.45, 7) is 2.77. The largest absolute Gasteiger partial charge is 0.465 e. The van der Waals surface area contributed by atoms with Gasteiger partial charge in [-0.05, 0) is 36.8 Å². The number of ether oxygens (including phenoxy) is 1. The second-order valence-electron chi connectivity index (χ2n) is 6.44. The summed E-state index contributed by atoms with van der Waals surface area (Å²) in [5.74, 6) is 0.711. The number of hydrogen-bond acceptors (Lipinski definition) is 6. The molecule has 0 amide bonds. The number of carbonyl (C=O) groups excluding carboxylic acids is 1. The molecule has 1 N–H and O–H groups in total. The second kappa shape index (κ2) is 7.52. The normalized spacial score (nSPS) is 10.8. The monoisotopic (exact) mass is 373 g/mol. The van der Waals surface area contributed by atoms with Crippen LogP contribution in [-0.4, -0.2) is 23.0 Å². The fourth-order valence-electron chi connectivity index (χ4n) is 2.98. The summed E-state index contributed by atoms with van der Waals surface area (Å²) in [5.41, 5.74) is 4.51. The Bertz CT molecular complexity index is 1130. The van der Waals surface area contributed by atoms with Crippen LogP contribution in [0, 0.1) is 6.92 Å². The first kappa shape index (κ1) is 17.7. The number of fused-ring (bicyclic) bond motifs is 1. The lowest BCUT2D eigenvalue weighted by molar-refractivity contribution is 0.0602. The Morgan fingerprint density at radius 1 is 1.14 bits per heavy atom. The number of nitrogens with one attached hydrogen (secondary N) is 1. The number of rotatable bonds is 5. The highest BCUT2D eigenvalue weighted by atomic mass is 16.5. The summed E-state index contributed by atoms with van der Waals surface area (Å²) in [6.07, 6.45) is 1.70. The standard InChI is InChI=1S/C22H19N3O3/c1-14-5-3-6-15(11-14)12-23-19-10-9-16(13-24-19)21-25-18-8-4-7-17(20(18)28-21)22(26)27-2/h3-11,13H,12H2,1-2H3,(H,23,24). The summed E-state index contributed by atoms with van der Waals surface area (Å²) in [4.78, 5) is 20.8. The van der Waals surface area contributed by atoms with Gasteiger partial charge in [-0.25, -0.2) is 14.8 Å². The summed E-state index contributed by atoms with van der Waals surface area (Å²) < 4.78 is 10.6. The van der Waals surface area contributed by atoms with Crippen LogP contribution in [0.4, 0.5) is 5.82 Å². The van der Waals surface area contributed by atoms with Gasteiger partial charge in [0, 0.05) is 12.7 Å². The molecular formula is C22H19N3O3. The minimum Gasteiger partial charge on any atom is -0.465 e. The van der Waals surface area contributed by atoms with E-state index in [1.54, 1.807) is 24.4 Å². The van der Waals surface area contributed by atoms with E-state index in [0.717, 1.165) is 11.4 Å². The molecule has 140 valence electrons. The zero-order valence-corrected chi connectivity index (χ0v) is 15.6. The molecule has 0 saturated heterocycles.